The zero-order valence-corrected chi connectivity index (χ0v) is 17.0. The standard InChI is InChI=1S/C22H26N2O2S/c1-13-7-5-6-8-16(13)17-11-22(12-21(3,4)23-20(27)24-22)26-18-10-15(25)9-14(2)19(17)18/h5-10,17,25H,11-12H2,1-4H3,(H2,23,24,27). The Kier molecular flexibility index (Phi) is 4.11. The van der Waals surface area contributed by atoms with Gasteiger partial charge in [0.25, 0.3) is 0 Å². The molecule has 0 radical (unpaired) electrons. The van der Waals surface area contributed by atoms with E-state index in [4.69, 9.17) is 17.0 Å². The summed E-state index contributed by atoms with van der Waals surface area (Å²) in [6, 6.07) is 12.0. The molecule has 1 saturated heterocycles. The lowest BCUT2D eigenvalue weighted by Gasteiger charge is -2.51. The van der Waals surface area contributed by atoms with Gasteiger partial charge in [-0.1, -0.05) is 24.3 Å². The molecule has 0 bridgehead atoms. The van der Waals surface area contributed by atoms with Crippen LogP contribution >= 0.6 is 12.2 Å². The number of thiocarbonyl (C=S) groups is 1. The van der Waals surface area contributed by atoms with E-state index in [1.165, 1.54) is 11.1 Å². The molecule has 5 heteroatoms. The molecular weight excluding hydrogens is 356 g/mol. The first-order valence-electron chi connectivity index (χ1n) is 9.36. The van der Waals surface area contributed by atoms with Crippen molar-refractivity contribution < 1.29 is 9.84 Å². The highest BCUT2D eigenvalue weighted by Crippen LogP contribution is 2.49. The van der Waals surface area contributed by atoms with Crippen molar-refractivity contribution in [2.75, 3.05) is 0 Å². The Morgan fingerprint density at radius 2 is 1.85 bits per heavy atom. The van der Waals surface area contributed by atoms with Crippen molar-refractivity contribution in [1.82, 2.24) is 10.6 Å². The van der Waals surface area contributed by atoms with E-state index in [0.29, 0.717) is 5.11 Å². The van der Waals surface area contributed by atoms with Crippen LogP contribution in [0.25, 0.3) is 0 Å². The molecule has 2 aliphatic heterocycles. The molecule has 4 nitrogen and oxygen atoms in total. The highest BCUT2D eigenvalue weighted by molar-refractivity contribution is 7.80. The Hall–Kier alpha value is -2.27. The monoisotopic (exact) mass is 382 g/mol. The second-order valence-corrected chi connectivity index (χ2v) is 8.93. The van der Waals surface area contributed by atoms with Gasteiger partial charge in [0.2, 0.25) is 0 Å². The maximum absolute atomic E-state index is 10.2. The first-order valence-corrected chi connectivity index (χ1v) is 9.77. The van der Waals surface area contributed by atoms with Crippen LogP contribution in [0.1, 0.15) is 54.9 Å². The van der Waals surface area contributed by atoms with Crippen LogP contribution in [0, 0.1) is 13.8 Å². The van der Waals surface area contributed by atoms with E-state index >= 15 is 0 Å². The van der Waals surface area contributed by atoms with E-state index in [9.17, 15) is 5.11 Å². The largest absolute Gasteiger partial charge is 0.508 e. The first-order chi connectivity index (χ1) is 12.7. The summed E-state index contributed by atoms with van der Waals surface area (Å²) in [6.45, 7) is 8.46. The van der Waals surface area contributed by atoms with Crippen molar-refractivity contribution in [3.05, 3.63) is 58.7 Å². The molecule has 27 heavy (non-hydrogen) atoms. The summed E-state index contributed by atoms with van der Waals surface area (Å²) in [5.41, 5.74) is 3.96. The Labute approximate surface area is 165 Å². The SMILES string of the molecule is Cc1ccccc1C1CC2(CC(C)(C)NC(=S)N2)Oc2cc(O)cc(C)c21. The summed E-state index contributed by atoms with van der Waals surface area (Å²) in [5, 5.41) is 17.5. The fourth-order valence-electron chi connectivity index (χ4n) is 4.74. The molecule has 0 aromatic heterocycles. The summed E-state index contributed by atoms with van der Waals surface area (Å²) in [5.74, 6) is 1.13. The van der Waals surface area contributed by atoms with E-state index in [-0.39, 0.29) is 17.2 Å². The molecule has 1 fully saturated rings. The molecule has 2 aromatic carbocycles. The average molecular weight is 383 g/mol. The van der Waals surface area contributed by atoms with Gasteiger partial charge in [-0.25, -0.2) is 0 Å². The number of hydrogen-bond acceptors (Lipinski definition) is 3. The predicted molar refractivity (Wildman–Crippen MR) is 111 cm³/mol. The summed E-state index contributed by atoms with van der Waals surface area (Å²) in [6.07, 6.45) is 1.54. The number of aromatic hydroxyl groups is 1. The number of rotatable bonds is 1. The van der Waals surface area contributed by atoms with Gasteiger partial charge in [0.1, 0.15) is 11.5 Å². The quantitative estimate of drug-likeness (QED) is 0.643. The minimum absolute atomic E-state index is 0.166. The van der Waals surface area contributed by atoms with Crippen LogP contribution in [0.15, 0.2) is 36.4 Å². The first kappa shape index (κ1) is 18.1. The van der Waals surface area contributed by atoms with Gasteiger partial charge in [0, 0.05) is 35.9 Å². The molecule has 0 saturated carbocycles. The van der Waals surface area contributed by atoms with Crippen LogP contribution < -0.4 is 15.4 Å². The van der Waals surface area contributed by atoms with E-state index in [1.54, 1.807) is 6.07 Å². The van der Waals surface area contributed by atoms with Crippen molar-refractivity contribution in [3.63, 3.8) is 0 Å². The molecule has 2 unspecified atom stereocenters. The van der Waals surface area contributed by atoms with Crippen molar-refractivity contribution in [2.45, 2.75) is 57.7 Å². The summed E-state index contributed by atoms with van der Waals surface area (Å²) in [7, 11) is 0. The third-order valence-corrected chi connectivity index (χ3v) is 5.81. The third kappa shape index (κ3) is 3.25. The summed E-state index contributed by atoms with van der Waals surface area (Å²) in [4.78, 5) is 0. The molecule has 1 spiro atoms. The van der Waals surface area contributed by atoms with Crippen molar-refractivity contribution >= 4 is 17.3 Å². The highest BCUT2D eigenvalue weighted by Gasteiger charge is 2.49. The van der Waals surface area contributed by atoms with E-state index in [2.05, 4.69) is 55.7 Å². The number of aryl methyl sites for hydroxylation is 2. The van der Waals surface area contributed by atoms with Gasteiger partial charge in [-0.15, -0.1) is 0 Å². The smallest absolute Gasteiger partial charge is 0.185 e. The Bertz CT molecular complexity index is 925. The number of phenols is 1. The molecule has 2 aliphatic rings. The predicted octanol–water partition coefficient (Wildman–Crippen LogP) is 4.27. The molecule has 2 atom stereocenters. The highest BCUT2D eigenvalue weighted by atomic mass is 32.1. The van der Waals surface area contributed by atoms with Gasteiger partial charge >= 0.3 is 0 Å². The van der Waals surface area contributed by atoms with Gasteiger partial charge in [-0.3, -0.25) is 0 Å². The lowest BCUT2D eigenvalue weighted by atomic mass is 9.75. The van der Waals surface area contributed by atoms with Gasteiger partial charge in [-0.2, -0.15) is 0 Å². The number of hydrogen-bond donors (Lipinski definition) is 3. The van der Waals surface area contributed by atoms with Crippen molar-refractivity contribution in [1.29, 1.82) is 0 Å². The molecule has 2 aromatic rings. The number of benzene rings is 2. The fourth-order valence-corrected chi connectivity index (χ4v) is 5.20. The average Bonchev–Trinajstić information content (AvgIpc) is 2.51. The van der Waals surface area contributed by atoms with E-state index in [1.807, 2.05) is 13.0 Å². The number of phenolic OH excluding ortho intramolecular Hbond substituents is 1. The number of fused-ring (bicyclic) bond motifs is 1. The maximum Gasteiger partial charge on any atom is 0.185 e. The minimum Gasteiger partial charge on any atom is -0.508 e. The summed E-state index contributed by atoms with van der Waals surface area (Å²) < 4.78 is 6.52. The maximum atomic E-state index is 10.2. The van der Waals surface area contributed by atoms with Gasteiger partial charge < -0.3 is 20.5 Å². The second kappa shape index (κ2) is 6.13. The van der Waals surface area contributed by atoms with Gasteiger partial charge in [-0.05, 0) is 62.7 Å². The molecular formula is C22H26N2O2S. The zero-order chi connectivity index (χ0) is 19.4. The normalized spacial score (nSPS) is 25.9. The molecule has 142 valence electrons. The van der Waals surface area contributed by atoms with Crippen LogP contribution in [0.5, 0.6) is 11.5 Å². The zero-order valence-electron chi connectivity index (χ0n) is 16.2. The molecule has 0 aliphatic carbocycles. The van der Waals surface area contributed by atoms with E-state index < -0.39 is 5.72 Å². The Morgan fingerprint density at radius 3 is 2.56 bits per heavy atom. The van der Waals surface area contributed by atoms with Gasteiger partial charge in [0.15, 0.2) is 10.8 Å². The Morgan fingerprint density at radius 1 is 1.11 bits per heavy atom. The number of nitrogens with one attached hydrogen (secondary N) is 2. The molecule has 0 amide bonds. The number of ether oxygens (including phenoxy) is 1. The van der Waals surface area contributed by atoms with Crippen LogP contribution in [0.4, 0.5) is 0 Å². The molecule has 4 rings (SSSR count). The lowest BCUT2D eigenvalue weighted by molar-refractivity contribution is -0.0130. The van der Waals surface area contributed by atoms with Crippen LogP contribution in [0.2, 0.25) is 0 Å². The minimum atomic E-state index is -0.605. The lowest BCUT2D eigenvalue weighted by Crippen LogP contribution is -2.69. The summed E-state index contributed by atoms with van der Waals surface area (Å²) >= 11 is 5.49. The fraction of sp³-hybridized carbons (Fsp3) is 0.409. The third-order valence-electron chi connectivity index (χ3n) is 5.61. The van der Waals surface area contributed by atoms with E-state index in [0.717, 1.165) is 29.7 Å². The Balaban J connectivity index is 1.89. The van der Waals surface area contributed by atoms with Gasteiger partial charge in [0.05, 0.1) is 0 Å². The molecule has 2 heterocycles. The van der Waals surface area contributed by atoms with Crippen molar-refractivity contribution in [3.8, 4) is 11.5 Å². The topological polar surface area (TPSA) is 53.5 Å². The van der Waals surface area contributed by atoms with Crippen LogP contribution in [-0.4, -0.2) is 21.5 Å². The van der Waals surface area contributed by atoms with Crippen molar-refractivity contribution in [2.24, 2.45) is 0 Å². The van der Waals surface area contributed by atoms with Crippen LogP contribution in [-0.2, 0) is 0 Å². The second-order valence-electron chi connectivity index (χ2n) is 8.52. The van der Waals surface area contributed by atoms with Crippen LogP contribution in [0.3, 0.4) is 0 Å². The molecule has 3 N–H and O–H groups in total.